The minimum atomic E-state index is -0.375. The molecule has 2 heterocycles. The average Bonchev–Trinajstić information content (AvgIpc) is 2.75. The lowest BCUT2D eigenvalue weighted by Gasteiger charge is -2.40. The van der Waals surface area contributed by atoms with Gasteiger partial charge in [0.2, 0.25) is 5.88 Å². The molecular formula is C22H22FN5O3. The maximum atomic E-state index is 13.4. The van der Waals surface area contributed by atoms with Gasteiger partial charge in [0.25, 0.3) is 5.69 Å². The van der Waals surface area contributed by atoms with Gasteiger partial charge in [-0.05, 0) is 24.6 Å². The molecule has 2 aromatic carbocycles. The first-order chi connectivity index (χ1) is 15.0. The van der Waals surface area contributed by atoms with E-state index in [1.807, 2.05) is 6.07 Å². The minimum Gasteiger partial charge on any atom is -0.439 e. The molecule has 0 radical (unpaired) electrons. The smallest absolute Gasteiger partial charge is 0.269 e. The van der Waals surface area contributed by atoms with Gasteiger partial charge in [0.05, 0.1) is 4.92 Å². The highest BCUT2D eigenvalue weighted by Gasteiger charge is 2.25. The largest absolute Gasteiger partial charge is 0.439 e. The predicted octanol–water partition coefficient (Wildman–Crippen LogP) is 4.03. The van der Waals surface area contributed by atoms with Crippen molar-refractivity contribution in [2.24, 2.45) is 0 Å². The Labute approximate surface area is 179 Å². The summed E-state index contributed by atoms with van der Waals surface area (Å²) in [7, 11) is 0. The Morgan fingerprint density at radius 2 is 2.00 bits per heavy atom. The van der Waals surface area contributed by atoms with E-state index in [-0.39, 0.29) is 22.5 Å². The summed E-state index contributed by atoms with van der Waals surface area (Å²) in [6.45, 7) is 5.04. The third kappa shape index (κ3) is 5.13. The quantitative estimate of drug-likeness (QED) is 0.437. The Hall–Kier alpha value is -3.59. The van der Waals surface area contributed by atoms with Crippen LogP contribution in [0, 0.1) is 15.9 Å². The highest BCUT2D eigenvalue weighted by molar-refractivity contribution is 5.43. The lowest BCUT2D eigenvalue weighted by atomic mass is 10.1. The van der Waals surface area contributed by atoms with Crippen LogP contribution in [-0.2, 0) is 6.54 Å². The molecule has 0 saturated carbocycles. The van der Waals surface area contributed by atoms with E-state index in [9.17, 15) is 14.5 Å². The predicted molar refractivity (Wildman–Crippen MR) is 114 cm³/mol. The zero-order valence-electron chi connectivity index (χ0n) is 17.0. The molecule has 4 rings (SSSR count). The molecule has 1 fully saturated rings. The van der Waals surface area contributed by atoms with E-state index in [0.717, 1.165) is 31.0 Å². The molecule has 0 spiro atoms. The van der Waals surface area contributed by atoms with Gasteiger partial charge in [-0.1, -0.05) is 18.2 Å². The molecule has 8 nitrogen and oxygen atoms in total. The maximum Gasteiger partial charge on any atom is 0.269 e. The molecule has 1 aromatic heterocycles. The van der Waals surface area contributed by atoms with E-state index < -0.39 is 0 Å². The first kappa shape index (κ1) is 20.7. The number of halogens is 1. The van der Waals surface area contributed by atoms with Crippen LogP contribution < -0.4 is 9.64 Å². The van der Waals surface area contributed by atoms with Crippen molar-refractivity contribution in [2.75, 3.05) is 24.5 Å². The Kier molecular flexibility index (Phi) is 6.03. The first-order valence-corrected chi connectivity index (χ1v) is 9.96. The Morgan fingerprint density at radius 3 is 2.77 bits per heavy atom. The summed E-state index contributed by atoms with van der Waals surface area (Å²) in [5.74, 6) is 1.09. The zero-order valence-corrected chi connectivity index (χ0v) is 17.0. The fourth-order valence-corrected chi connectivity index (χ4v) is 3.65. The van der Waals surface area contributed by atoms with Gasteiger partial charge in [-0.2, -0.15) is 0 Å². The van der Waals surface area contributed by atoms with Crippen LogP contribution in [0.1, 0.15) is 12.5 Å². The Morgan fingerprint density at radius 1 is 1.16 bits per heavy atom. The third-order valence-electron chi connectivity index (χ3n) is 5.24. The van der Waals surface area contributed by atoms with Crippen molar-refractivity contribution < 1.29 is 14.1 Å². The van der Waals surface area contributed by atoms with Crippen LogP contribution in [0.25, 0.3) is 0 Å². The molecule has 160 valence electrons. The number of non-ortho nitro benzene ring substituents is 1. The summed E-state index contributed by atoms with van der Waals surface area (Å²) in [6, 6.07) is 14.6. The van der Waals surface area contributed by atoms with Crippen LogP contribution in [0.4, 0.5) is 15.9 Å². The molecule has 3 aromatic rings. The fourth-order valence-electron chi connectivity index (χ4n) is 3.65. The minimum absolute atomic E-state index is 0.107. The topological polar surface area (TPSA) is 84.6 Å². The van der Waals surface area contributed by atoms with Gasteiger partial charge in [-0.3, -0.25) is 15.0 Å². The Balaban J connectivity index is 1.40. The summed E-state index contributed by atoms with van der Waals surface area (Å²) >= 11 is 0. The molecule has 0 bridgehead atoms. The molecular weight excluding hydrogens is 401 g/mol. The summed E-state index contributed by atoms with van der Waals surface area (Å²) in [4.78, 5) is 23.6. The highest BCUT2D eigenvalue weighted by atomic mass is 19.1. The second-order valence-corrected chi connectivity index (χ2v) is 7.47. The van der Waals surface area contributed by atoms with Crippen molar-refractivity contribution in [3.63, 3.8) is 0 Å². The van der Waals surface area contributed by atoms with Crippen molar-refractivity contribution in [2.45, 2.75) is 19.5 Å². The standard InChI is InChI=1S/C22H22FN5O3/c1-16-13-27(9-8-26(16)14-17-4-2-6-19(10-17)28(29)30)21-12-22(25-15-24-21)31-20-7-3-5-18(23)11-20/h2-7,10-12,15-16H,8-9,13-14H2,1H3/t16-/m0/s1. The molecule has 9 heteroatoms. The zero-order chi connectivity index (χ0) is 21.8. The number of rotatable bonds is 6. The molecule has 0 N–H and O–H groups in total. The SMILES string of the molecule is C[C@H]1CN(c2cc(Oc3cccc(F)c3)ncn2)CCN1Cc1cccc([N+](=O)[O-])c1. The van der Waals surface area contributed by atoms with Crippen LogP contribution in [0.3, 0.4) is 0 Å². The van der Waals surface area contributed by atoms with Crippen LogP contribution >= 0.6 is 0 Å². The lowest BCUT2D eigenvalue weighted by Crippen LogP contribution is -2.51. The van der Waals surface area contributed by atoms with Crippen molar-refractivity contribution in [3.05, 3.63) is 82.4 Å². The monoisotopic (exact) mass is 423 g/mol. The summed E-state index contributed by atoms with van der Waals surface area (Å²) < 4.78 is 19.0. The number of hydrogen-bond acceptors (Lipinski definition) is 7. The van der Waals surface area contributed by atoms with E-state index in [0.29, 0.717) is 18.2 Å². The summed E-state index contributed by atoms with van der Waals surface area (Å²) in [6.07, 6.45) is 1.43. The molecule has 1 aliphatic rings. The average molecular weight is 423 g/mol. The molecule has 0 aliphatic carbocycles. The van der Waals surface area contributed by atoms with Crippen LogP contribution in [0.2, 0.25) is 0 Å². The number of aromatic nitrogens is 2. The molecule has 1 aliphatic heterocycles. The van der Waals surface area contributed by atoms with Crippen molar-refractivity contribution in [1.29, 1.82) is 0 Å². The number of hydrogen-bond donors (Lipinski definition) is 0. The van der Waals surface area contributed by atoms with Crippen LogP contribution in [0.15, 0.2) is 60.9 Å². The summed E-state index contributed by atoms with van der Waals surface area (Å²) in [5, 5.41) is 11.0. The van der Waals surface area contributed by atoms with Gasteiger partial charge in [-0.25, -0.2) is 14.4 Å². The number of nitro benzene ring substituents is 1. The van der Waals surface area contributed by atoms with Crippen molar-refractivity contribution >= 4 is 11.5 Å². The first-order valence-electron chi connectivity index (χ1n) is 9.96. The number of ether oxygens (including phenoxy) is 1. The molecule has 1 atom stereocenters. The normalized spacial score (nSPS) is 16.8. The van der Waals surface area contributed by atoms with E-state index in [4.69, 9.17) is 4.74 Å². The number of anilines is 1. The number of nitro groups is 1. The maximum absolute atomic E-state index is 13.4. The number of benzene rings is 2. The van der Waals surface area contributed by atoms with E-state index in [2.05, 4.69) is 26.7 Å². The van der Waals surface area contributed by atoms with Gasteiger partial charge in [0.1, 0.15) is 23.7 Å². The van der Waals surface area contributed by atoms with E-state index in [1.54, 1.807) is 30.3 Å². The van der Waals surface area contributed by atoms with Gasteiger partial charge in [0.15, 0.2) is 0 Å². The second-order valence-electron chi connectivity index (χ2n) is 7.47. The lowest BCUT2D eigenvalue weighted by molar-refractivity contribution is -0.384. The van der Waals surface area contributed by atoms with Gasteiger partial charge >= 0.3 is 0 Å². The van der Waals surface area contributed by atoms with Crippen molar-refractivity contribution in [1.82, 2.24) is 14.9 Å². The van der Waals surface area contributed by atoms with E-state index >= 15 is 0 Å². The summed E-state index contributed by atoms with van der Waals surface area (Å²) in [5.41, 5.74) is 1.03. The molecule has 0 unspecified atom stereocenters. The fraction of sp³-hybridized carbons (Fsp3) is 0.273. The van der Waals surface area contributed by atoms with Crippen LogP contribution in [0.5, 0.6) is 11.6 Å². The molecule has 31 heavy (non-hydrogen) atoms. The Bertz CT molecular complexity index is 1080. The van der Waals surface area contributed by atoms with E-state index in [1.165, 1.54) is 24.5 Å². The van der Waals surface area contributed by atoms with Crippen LogP contribution in [-0.4, -0.2) is 45.5 Å². The van der Waals surface area contributed by atoms with Gasteiger partial charge < -0.3 is 9.64 Å². The highest BCUT2D eigenvalue weighted by Crippen LogP contribution is 2.25. The number of piperazine rings is 1. The number of nitrogens with zero attached hydrogens (tertiary/aromatic N) is 5. The van der Waals surface area contributed by atoms with Crippen molar-refractivity contribution in [3.8, 4) is 11.6 Å². The second kappa shape index (κ2) is 9.05. The molecule has 1 saturated heterocycles. The van der Waals surface area contributed by atoms with Gasteiger partial charge in [0, 0.05) is 56.5 Å². The molecule has 0 amide bonds. The third-order valence-corrected chi connectivity index (χ3v) is 5.24. The van der Waals surface area contributed by atoms with Gasteiger partial charge in [-0.15, -0.1) is 0 Å².